The zero-order chi connectivity index (χ0) is 46.4. The summed E-state index contributed by atoms with van der Waals surface area (Å²) < 4.78 is 12.3. The molecule has 1 aromatic heterocycles. The van der Waals surface area contributed by atoms with Crippen LogP contribution in [0.25, 0.3) is 0 Å². The Kier molecular flexibility index (Phi) is 20.0. The molecule has 4 N–H and O–H groups in total. The van der Waals surface area contributed by atoms with E-state index in [0.29, 0.717) is 31.6 Å². The van der Waals surface area contributed by atoms with Gasteiger partial charge in [-0.3, -0.25) is 24.1 Å². The van der Waals surface area contributed by atoms with Crippen molar-refractivity contribution < 1.29 is 28.7 Å². The van der Waals surface area contributed by atoms with Crippen LogP contribution in [0.3, 0.4) is 0 Å². The smallest absolute Gasteiger partial charge is 0.245 e. The van der Waals surface area contributed by atoms with Gasteiger partial charge in [-0.2, -0.15) is 0 Å². The molecule has 3 aromatic rings. The molecule has 4 amide bonds. The van der Waals surface area contributed by atoms with Gasteiger partial charge in [-0.05, 0) is 67.3 Å². The summed E-state index contributed by atoms with van der Waals surface area (Å²) in [6.45, 7) is 15.0. The summed E-state index contributed by atoms with van der Waals surface area (Å²) in [5, 5.41) is 9.13. The van der Waals surface area contributed by atoms with E-state index in [-0.39, 0.29) is 59.9 Å². The van der Waals surface area contributed by atoms with Crippen LogP contribution in [0.4, 0.5) is 5.69 Å². The average molecular weight is 890 g/mol. The second-order valence-electron chi connectivity index (χ2n) is 18.0. The Morgan fingerprint density at radius 1 is 0.889 bits per heavy atom. The minimum atomic E-state index is -0.806. The number of aromatic nitrogens is 1. The number of amides is 4. The summed E-state index contributed by atoms with van der Waals surface area (Å²) in [5.74, 6) is -1.52. The number of carbonyl (C=O) groups excluding carboxylic acids is 4. The zero-order valence-corrected chi connectivity index (χ0v) is 40.4. The first-order valence-corrected chi connectivity index (χ1v) is 23.6. The molecule has 1 aliphatic rings. The van der Waals surface area contributed by atoms with Crippen molar-refractivity contribution >= 4 is 40.7 Å². The van der Waals surface area contributed by atoms with Gasteiger partial charge in [-0.1, -0.05) is 104 Å². The minimum Gasteiger partial charge on any atom is -0.399 e. The lowest BCUT2D eigenvalue weighted by atomic mass is 9.86. The minimum absolute atomic E-state index is 0.0150. The number of carbonyl (C=O) groups is 4. The van der Waals surface area contributed by atoms with Gasteiger partial charge in [0.1, 0.15) is 11.0 Å². The molecule has 0 radical (unpaired) electrons. The highest BCUT2D eigenvalue weighted by Crippen LogP contribution is 2.31. The quantitative estimate of drug-likeness (QED) is 0.0830. The summed E-state index contributed by atoms with van der Waals surface area (Å²) in [4.78, 5) is 67.5. The Balaban J connectivity index is 1.50. The van der Waals surface area contributed by atoms with Crippen LogP contribution >= 0.6 is 11.3 Å². The first-order chi connectivity index (χ1) is 30.1. The number of ether oxygens (including phenoxy) is 2. The van der Waals surface area contributed by atoms with Crippen LogP contribution in [0, 0.1) is 23.7 Å². The van der Waals surface area contributed by atoms with E-state index in [1.165, 1.54) is 11.3 Å². The van der Waals surface area contributed by atoms with Crippen molar-refractivity contribution in [1.82, 2.24) is 30.3 Å². The first-order valence-electron chi connectivity index (χ1n) is 22.8. The van der Waals surface area contributed by atoms with Crippen molar-refractivity contribution in [2.24, 2.45) is 23.7 Å². The predicted molar refractivity (Wildman–Crippen MR) is 252 cm³/mol. The first kappa shape index (κ1) is 51.3. The number of nitrogen functional groups attached to an aromatic ring is 1. The number of nitrogens with zero attached hydrogens (tertiary/aromatic N) is 4. The van der Waals surface area contributed by atoms with Crippen LogP contribution in [-0.2, 0) is 41.6 Å². The van der Waals surface area contributed by atoms with E-state index in [4.69, 9.17) is 15.2 Å². The summed E-state index contributed by atoms with van der Waals surface area (Å²) in [7, 11) is 6.89. The lowest BCUT2D eigenvalue weighted by Crippen LogP contribution is -2.60. The number of likely N-dealkylation sites (tertiary alicyclic amines) is 1. The number of thiazole rings is 1. The van der Waals surface area contributed by atoms with Gasteiger partial charge >= 0.3 is 0 Å². The highest BCUT2D eigenvalue weighted by Gasteiger charge is 2.44. The van der Waals surface area contributed by atoms with E-state index in [1.54, 1.807) is 32.4 Å². The zero-order valence-electron chi connectivity index (χ0n) is 39.6. The Morgan fingerprint density at radius 2 is 1.56 bits per heavy atom. The molecule has 0 bridgehead atoms. The van der Waals surface area contributed by atoms with Gasteiger partial charge in [0.2, 0.25) is 23.6 Å². The highest BCUT2D eigenvalue weighted by atomic mass is 32.1. The Morgan fingerprint density at radius 3 is 2.11 bits per heavy atom. The maximum atomic E-state index is 14.7. The third-order valence-electron chi connectivity index (χ3n) is 12.9. The van der Waals surface area contributed by atoms with Gasteiger partial charge in [0.25, 0.3) is 0 Å². The topological polar surface area (TPSA) is 159 Å². The summed E-state index contributed by atoms with van der Waals surface area (Å²) in [6, 6.07) is 15.2. The molecule has 348 valence electrons. The number of benzene rings is 2. The van der Waals surface area contributed by atoms with Crippen LogP contribution in [0.15, 0.2) is 66.2 Å². The predicted octanol–water partition coefficient (Wildman–Crippen LogP) is 6.73. The number of anilines is 1. The van der Waals surface area contributed by atoms with Gasteiger partial charge in [-0.15, -0.1) is 11.3 Å². The number of methoxy groups -OCH3 is 2. The molecule has 13 nitrogen and oxygen atoms in total. The van der Waals surface area contributed by atoms with Gasteiger partial charge in [0, 0.05) is 51.6 Å². The maximum Gasteiger partial charge on any atom is 0.245 e. The van der Waals surface area contributed by atoms with Crippen molar-refractivity contribution in [1.29, 1.82) is 0 Å². The Labute approximate surface area is 380 Å². The van der Waals surface area contributed by atoms with E-state index >= 15 is 0 Å². The molecule has 0 spiro atoms. The molecule has 1 aliphatic heterocycles. The number of rotatable bonds is 24. The molecule has 63 heavy (non-hydrogen) atoms. The second-order valence-corrected chi connectivity index (χ2v) is 18.9. The van der Waals surface area contributed by atoms with Crippen molar-refractivity contribution in [2.45, 2.75) is 136 Å². The molecule has 3 unspecified atom stereocenters. The van der Waals surface area contributed by atoms with E-state index < -0.39 is 36.3 Å². The van der Waals surface area contributed by atoms with Crippen molar-refractivity contribution in [3.05, 3.63) is 82.3 Å². The number of likely N-dealkylation sites (N-methyl/N-ethyl adjacent to an activating group) is 2. The molecule has 1 saturated heterocycles. The van der Waals surface area contributed by atoms with E-state index in [1.807, 2.05) is 111 Å². The van der Waals surface area contributed by atoms with Crippen LogP contribution in [0.5, 0.6) is 0 Å². The van der Waals surface area contributed by atoms with E-state index in [2.05, 4.69) is 29.5 Å². The standard InChI is InChI=1S/C49H75N7O6S/c1-12-36(13-2)44(55(9)49(60)42(31(3)4)53-47(59)43(32(5)6)54(8)30-35-21-23-37(50)24-22-35)40(61-10)29-41(57)56-26-17-20-39(56)45(62-11)33(7)46(58)52-38(48-51-25-27-63-48)28-34-18-15-14-16-19-34/h14-16,18-19,21-25,27,31-33,36,38-40,42-45H,12-13,17,20,26,28-30,50H2,1-11H3,(H,52,58)(H,53,59)/t33-,38+,39?,40-,42?,43?,44+,45-/m1/s1. The SMILES string of the molecule is CCC(CC)[C@@H]([C@@H](CC(=O)N1CCCC1[C@H](OC)[C@@H](C)C(=O)N[C@@H](Cc1ccccc1)c1nccs1)OC)N(C)C(=O)C(NC(=O)C(C(C)C)N(C)Cc1ccc(N)cc1)C(C)C. The number of nitrogens with two attached hydrogens (primary N) is 1. The normalized spacial score (nSPS) is 17.6. The molecule has 0 aliphatic carbocycles. The van der Waals surface area contributed by atoms with Gasteiger partial charge in [0.05, 0.1) is 48.7 Å². The monoisotopic (exact) mass is 890 g/mol. The molecule has 0 saturated carbocycles. The maximum absolute atomic E-state index is 14.7. The fraction of sp³-hybridized carbons (Fsp3) is 0.612. The summed E-state index contributed by atoms with van der Waals surface area (Å²) in [6.07, 6.45) is 4.17. The molecule has 2 aromatic carbocycles. The molecule has 2 heterocycles. The lowest BCUT2D eigenvalue weighted by molar-refractivity contribution is -0.148. The van der Waals surface area contributed by atoms with E-state index in [0.717, 1.165) is 35.4 Å². The van der Waals surface area contributed by atoms with Crippen LogP contribution in [-0.4, -0.2) is 115 Å². The van der Waals surface area contributed by atoms with Crippen LogP contribution in [0.2, 0.25) is 0 Å². The fourth-order valence-corrected chi connectivity index (χ4v) is 10.1. The molecule has 14 heteroatoms. The third-order valence-corrected chi connectivity index (χ3v) is 13.8. The third kappa shape index (κ3) is 13.6. The molecule has 8 atom stereocenters. The molecular formula is C49H75N7O6S. The van der Waals surface area contributed by atoms with Gasteiger partial charge < -0.3 is 35.6 Å². The average Bonchev–Trinajstić information content (AvgIpc) is 3.98. The van der Waals surface area contributed by atoms with E-state index in [9.17, 15) is 19.2 Å². The van der Waals surface area contributed by atoms with Crippen molar-refractivity contribution in [2.75, 3.05) is 40.6 Å². The summed E-state index contributed by atoms with van der Waals surface area (Å²) in [5.41, 5.74) is 8.71. The largest absolute Gasteiger partial charge is 0.399 e. The Bertz CT molecular complexity index is 1860. The highest BCUT2D eigenvalue weighted by molar-refractivity contribution is 7.09. The van der Waals surface area contributed by atoms with Gasteiger partial charge in [-0.25, -0.2) is 4.98 Å². The van der Waals surface area contributed by atoms with Crippen LogP contribution < -0.4 is 16.4 Å². The van der Waals surface area contributed by atoms with Gasteiger partial charge in [0.15, 0.2) is 0 Å². The number of nitrogens with one attached hydrogen (secondary N) is 2. The lowest BCUT2D eigenvalue weighted by Gasteiger charge is -2.42. The Hall–Kier alpha value is -4.37. The summed E-state index contributed by atoms with van der Waals surface area (Å²) >= 11 is 1.51. The molecule has 4 rings (SSSR count). The number of hydrogen-bond acceptors (Lipinski definition) is 10. The van der Waals surface area contributed by atoms with Crippen molar-refractivity contribution in [3.8, 4) is 0 Å². The van der Waals surface area contributed by atoms with Crippen LogP contribution in [0.1, 0.15) is 103 Å². The fourth-order valence-electron chi connectivity index (χ4n) is 9.46. The van der Waals surface area contributed by atoms with Crippen molar-refractivity contribution in [3.63, 3.8) is 0 Å². The molecule has 1 fully saturated rings. The molecular weight excluding hydrogens is 815 g/mol. The number of hydrogen-bond donors (Lipinski definition) is 3. The second kappa shape index (κ2) is 24.6.